The van der Waals surface area contributed by atoms with Crippen LogP contribution in [0.2, 0.25) is 5.02 Å². The summed E-state index contributed by atoms with van der Waals surface area (Å²) in [5.74, 6) is -0.408. The molecule has 0 aromatic heterocycles. The van der Waals surface area contributed by atoms with Gasteiger partial charge >= 0.3 is 5.97 Å². The molecule has 0 atom stereocenters. The number of carboxylic acids is 1. The van der Waals surface area contributed by atoms with Gasteiger partial charge in [-0.3, -0.25) is 0 Å². The van der Waals surface area contributed by atoms with E-state index in [1.165, 1.54) is 0 Å². The zero-order valence-electron chi connectivity index (χ0n) is 9.06. The lowest BCUT2D eigenvalue weighted by Crippen LogP contribution is -2.01. The van der Waals surface area contributed by atoms with Crippen LogP contribution in [0.3, 0.4) is 0 Å². The van der Waals surface area contributed by atoms with Crippen molar-refractivity contribution in [3.8, 4) is 11.5 Å². The third-order valence-electron chi connectivity index (χ3n) is 2.25. The molecule has 0 amide bonds. The number of ether oxygens (including phenoxy) is 1. The summed E-state index contributed by atoms with van der Waals surface area (Å²) in [4.78, 5) is 11.2. The second-order valence-corrected chi connectivity index (χ2v) is 4.71. The molecule has 0 unspecified atom stereocenters. The van der Waals surface area contributed by atoms with Crippen molar-refractivity contribution >= 4 is 33.5 Å². The Labute approximate surface area is 117 Å². The summed E-state index contributed by atoms with van der Waals surface area (Å²) in [7, 11) is 0. The standard InChI is InChI=1S/C13H8BrClO3/c14-8-4-3-7-11(12(8)13(16)17)18-10-6-2-1-5-9(10)15/h1-7H,(H,16,17). The number of carboxylic acid groups (broad SMARTS) is 1. The number of aromatic carboxylic acids is 1. The van der Waals surface area contributed by atoms with Crippen molar-refractivity contribution in [1.82, 2.24) is 0 Å². The van der Waals surface area contributed by atoms with Crippen LogP contribution in [-0.2, 0) is 0 Å². The monoisotopic (exact) mass is 326 g/mol. The summed E-state index contributed by atoms with van der Waals surface area (Å²) < 4.78 is 6.00. The highest BCUT2D eigenvalue weighted by atomic mass is 79.9. The third-order valence-corrected chi connectivity index (χ3v) is 3.22. The molecule has 5 heteroatoms. The van der Waals surface area contributed by atoms with Crippen molar-refractivity contribution in [2.75, 3.05) is 0 Å². The van der Waals surface area contributed by atoms with Gasteiger partial charge in [0.15, 0.2) is 0 Å². The average molecular weight is 328 g/mol. The van der Waals surface area contributed by atoms with Crippen molar-refractivity contribution in [2.24, 2.45) is 0 Å². The van der Waals surface area contributed by atoms with Gasteiger partial charge in [0.05, 0.1) is 5.02 Å². The summed E-state index contributed by atoms with van der Waals surface area (Å²) >= 11 is 9.15. The zero-order valence-corrected chi connectivity index (χ0v) is 11.4. The van der Waals surface area contributed by atoms with E-state index in [1.807, 2.05) is 0 Å². The first-order chi connectivity index (χ1) is 8.59. The number of halogens is 2. The Morgan fingerprint density at radius 3 is 2.44 bits per heavy atom. The minimum Gasteiger partial charge on any atom is -0.478 e. The molecule has 0 aliphatic rings. The number of hydrogen-bond donors (Lipinski definition) is 1. The van der Waals surface area contributed by atoms with Crippen LogP contribution in [0.25, 0.3) is 0 Å². The topological polar surface area (TPSA) is 46.5 Å². The van der Waals surface area contributed by atoms with Crippen LogP contribution in [0.4, 0.5) is 0 Å². The van der Waals surface area contributed by atoms with E-state index in [-0.39, 0.29) is 11.3 Å². The third kappa shape index (κ3) is 2.66. The van der Waals surface area contributed by atoms with E-state index in [9.17, 15) is 4.79 Å². The molecule has 18 heavy (non-hydrogen) atoms. The van der Waals surface area contributed by atoms with E-state index < -0.39 is 5.97 Å². The molecule has 1 N–H and O–H groups in total. The summed E-state index contributed by atoms with van der Waals surface area (Å²) in [5, 5.41) is 9.58. The number of benzene rings is 2. The summed E-state index contributed by atoms with van der Waals surface area (Å²) in [6, 6.07) is 11.8. The normalized spacial score (nSPS) is 10.1. The summed E-state index contributed by atoms with van der Waals surface area (Å²) in [5.41, 5.74) is 0.0671. The van der Waals surface area contributed by atoms with Gasteiger partial charge in [0.1, 0.15) is 17.1 Å². The Kier molecular flexibility index (Phi) is 3.89. The molecule has 0 saturated carbocycles. The van der Waals surface area contributed by atoms with Gasteiger partial charge in [-0.1, -0.05) is 29.8 Å². The van der Waals surface area contributed by atoms with E-state index >= 15 is 0 Å². The van der Waals surface area contributed by atoms with Crippen LogP contribution in [-0.4, -0.2) is 11.1 Å². The van der Waals surface area contributed by atoms with Gasteiger partial charge in [-0.15, -0.1) is 0 Å². The molecule has 3 nitrogen and oxygen atoms in total. The first kappa shape index (κ1) is 12.9. The summed E-state index contributed by atoms with van der Waals surface area (Å²) in [6.45, 7) is 0. The molecule has 0 heterocycles. The fourth-order valence-electron chi connectivity index (χ4n) is 1.44. The van der Waals surface area contributed by atoms with Gasteiger partial charge in [0, 0.05) is 4.47 Å². The maximum Gasteiger partial charge on any atom is 0.340 e. The van der Waals surface area contributed by atoms with Crippen molar-refractivity contribution < 1.29 is 14.6 Å². The molecular formula is C13H8BrClO3. The van der Waals surface area contributed by atoms with Gasteiger partial charge in [-0.2, -0.15) is 0 Å². The number of hydrogen-bond acceptors (Lipinski definition) is 2. The largest absolute Gasteiger partial charge is 0.478 e. The molecule has 2 aromatic carbocycles. The Hall–Kier alpha value is -1.52. The fraction of sp³-hybridized carbons (Fsp3) is 0. The van der Waals surface area contributed by atoms with Crippen molar-refractivity contribution in [2.45, 2.75) is 0 Å². The molecule has 0 aliphatic carbocycles. The minimum atomic E-state index is -1.07. The highest BCUT2D eigenvalue weighted by molar-refractivity contribution is 9.10. The molecule has 0 fully saturated rings. The quantitative estimate of drug-likeness (QED) is 0.896. The van der Waals surface area contributed by atoms with Crippen LogP contribution < -0.4 is 4.74 Å². The molecule has 92 valence electrons. The maximum absolute atomic E-state index is 11.2. The number of para-hydroxylation sites is 1. The smallest absolute Gasteiger partial charge is 0.340 e. The van der Waals surface area contributed by atoms with E-state index in [1.54, 1.807) is 42.5 Å². The number of rotatable bonds is 3. The van der Waals surface area contributed by atoms with E-state index in [0.29, 0.717) is 15.2 Å². The SMILES string of the molecule is O=C(O)c1c(Br)cccc1Oc1ccccc1Cl. The van der Waals surface area contributed by atoms with Gasteiger partial charge < -0.3 is 9.84 Å². The predicted molar refractivity (Wildman–Crippen MR) is 72.6 cm³/mol. The lowest BCUT2D eigenvalue weighted by molar-refractivity contribution is 0.0693. The van der Waals surface area contributed by atoms with E-state index in [2.05, 4.69) is 15.9 Å². The minimum absolute atomic E-state index is 0.0671. The van der Waals surface area contributed by atoms with Gasteiger partial charge in [-0.05, 0) is 40.2 Å². The molecule has 2 aromatic rings. The molecule has 0 saturated heterocycles. The van der Waals surface area contributed by atoms with Crippen molar-refractivity contribution in [1.29, 1.82) is 0 Å². The Balaban J connectivity index is 2.44. The van der Waals surface area contributed by atoms with Gasteiger partial charge in [-0.25, -0.2) is 4.79 Å². The second-order valence-electron chi connectivity index (χ2n) is 3.45. The van der Waals surface area contributed by atoms with Crippen molar-refractivity contribution in [3.05, 3.63) is 57.5 Å². The predicted octanol–water partition coefficient (Wildman–Crippen LogP) is 4.59. The second kappa shape index (κ2) is 5.42. The van der Waals surface area contributed by atoms with Crippen LogP contribution in [0.5, 0.6) is 11.5 Å². The first-order valence-electron chi connectivity index (χ1n) is 5.04. The first-order valence-corrected chi connectivity index (χ1v) is 6.21. The van der Waals surface area contributed by atoms with Crippen LogP contribution >= 0.6 is 27.5 Å². The number of carbonyl (C=O) groups is 1. The van der Waals surface area contributed by atoms with E-state index in [4.69, 9.17) is 21.4 Å². The average Bonchev–Trinajstić information content (AvgIpc) is 2.31. The lowest BCUT2D eigenvalue weighted by atomic mass is 10.2. The molecule has 0 spiro atoms. The Bertz CT molecular complexity index is 599. The fourth-order valence-corrected chi connectivity index (χ4v) is 2.13. The Morgan fingerprint density at radius 1 is 1.11 bits per heavy atom. The lowest BCUT2D eigenvalue weighted by Gasteiger charge is -2.10. The van der Waals surface area contributed by atoms with Crippen LogP contribution in [0.15, 0.2) is 46.9 Å². The molecular weight excluding hydrogens is 319 g/mol. The molecule has 0 aliphatic heterocycles. The summed E-state index contributed by atoms with van der Waals surface area (Å²) in [6.07, 6.45) is 0. The zero-order chi connectivity index (χ0) is 13.1. The van der Waals surface area contributed by atoms with Crippen LogP contribution in [0, 0.1) is 0 Å². The van der Waals surface area contributed by atoms with Gasteiger partial charge in [0.2, 0.25) is 0 Å². The molecule has 2 rings (SSSR count). The Morgan fingerprint density at radius 2 is 1.78 bits per heavy atom. The highest BCUT2D eigenvalue weighted by Gasteiger charge is 2.16. The van der Waals surface area contributed by atoms with Crippen LogP contribution in [0.1, 0.15) is 10.4 Å². The van der Waals surface area contributed by atoms with Crippen molar-refractivity contribution in [3.63, 3.8) is 0 Å². The van der Waals surface area contributed by atoms with Gasteiger partial charge in [0.25, 0.3) is 0 Å². The highest BCUT2D eigenvalue weighted by Crippen LogP contribution is 2.33. The maximum atomic E-state index is 11.2. The molecule has 0 radical (unpaired) electrons. The molecule has 0 bridgehead atoms. The van der Waals surface area contributed by atoms with E-state index in [0.717, 1.165) is 0 Å².